The Hall–Kier alpha value is -3.45. The lowest BCUT2D eigenvalue weighted by Gasteiger charge is -2.26. The fourth-order valence-electron chi connectivity index (χ4n) is 4.07. The third-order valence-electron chi connectivity index (χ3n) is 5.65. The van der Waals surface area contributed by atoms with Crippen molar-refractivity contribution in [2.75, 3.05) is 5.75 Å². The average Bonchev–Trinajstić information content (AvgIpc) is 2.80. The average molecular weight is 446 g/mol. The van der Waals surface area contributed by atoms with Gasteiger partial charge in [0.2, 0.25) is 0 Å². The highest BCUT2D eigenvalue weighted by atomic mass is 32.2. The molecule has 0 bridgehead atoms. The largest absolute Gasteiger partial charge is 0.345 e. The second-order valence-electron chi connectivity index (χ2n) is 7.71. The van der Waals surface area contributed by atoms with Gasteiger partial charge < -0.3 is 5.32 Å². The minimum Gasteiger partial charge on any atom is -0.345 e. The van der Waals surface area contributed by atoms with E-state index in [1.807, 2.05) is 18.2 Å². The van der Waals surface area contributed by atoms with E-state index in [0.29, 0.717) is 28.0 Å². The summed E-state index contributed by atoms with van der Waals surface area (Å²) in [6.07, 6.45) is 0.738. The predicted molar refractivity (Wildman–Crippen MR) is 124 cm³/mol. The van der Waals surface area contributed by atoms with Crippen LogP contribution in [0.5, 0.6) is 0 Å². The molecule has 1 atom stereocenters. The summed E-state index contributed by atoms with van der Waals surface area (Å²) >= 11 is 1.67. The SMILES string of the molecule is Cc1nc2ccccc2c(=O)n1-c1ccc(C(=O)N[C@H]2CCSc3ccc(F)cc32)cc1. The van der Waals surface area contributed by atoms with E-state index >= 15 is 0 Å². The third kappa shape index (κ3) is 3.69. The maximum Gasteiger partial charge on any atom is 0.265 e. The number of thioether (sulfide) groups is 1. The van der Waals surface area contributed by atoms with E-state index in [4.69, 9.17) is 0 Å². The van der Waals surface area contributed by atoms with Crippen molar-refractivity contribution in [2.45, 2.75) is 24.3 Å². The van der Waals surface area contributed by atoms with Crippen LogP contribution >= 0.6 is 11.8 Å². The Labute approximate surface area is 188 Å². The Kier molecular flexibility index (Phi) is 5.27. The number of para-hydroxylation sites is 1. The number of nitrogens with one attached hydrogen (secondary N) is 1. The molecule has 0 saturated carbocycles. The second-order valence-corrected chi connectivity index (χ2v) is 8.85. The summed E-state index contributed by atoms with van der Waals surface area (Å²) in [4.78, 5) is 31.4. The normalized spacial score (nSPS) is 15.4. The van der Waals surface area contributed by atoms with E-state index in [-0.39, 0.29) is 23.3 Å². The fourth-order valence-corrected chi connectivity index (χ4v) is 5.17. The van der Waals surface area contributed by atoms with E-state index < -0.39 is 0 Å². The van der Waals surface area contributed by atoms with Crippen molar-refractivity contribution in [1.29, 1.82) is 0 Å². The van der Waals surface area contributed by atoms with Gasteiger partial charge in [0.05, 0.1) is 22.6 Å². The number of aromatic nitrogens is 2. The molecule has 1 aromatic heterocycles. The summed E-state index contributed by atoms with van der Waals surface area (Å²) < 4.78 is 15.3. The number of carbonyl (C=O) groups excluding carboxylic acids is 1. The van der Waals surface area contributed by atoms with Gasteiger partial charge in [-0.1, -0.05) is 12.1 Å². The molecule has 0 spiro atoms. The summed E-state index contributed by atoms with van der Waals surface area (Å²) in [5.74, 6) is 0.896. The number of rotatable bonds is 3. The number of hydrogen-bond acceptors (Lipinski definition) is 4. The minimum atomic E-state index is -0.306. The standard InChI is InChI=1S/C25H20FN3O2S/c1-15-27-21-5-3-2-4-19(21)25(31)29(15)18-9-6-16(7-10-18)24(30)28-22-12-13-32-23-11-8-17(26)14-20(22)23/h2-11,14,22H,12-13H2,1H3,(H,28,30)/t22-/m0/s1. The third-order valence-corrected chi connectivity index (χ3v) is 6.77. The minimum absolute atomic E-state index is 0.149. The van der Waals surface area contributed by atoms with Gasteiger partial charge in [-0.3, -0.25) is 14.2 Å². The highest BCUT2D eigenvalue weighted by Crippen LogP contribution is 2.36. The first-order valence-corrected chi connectivity index (χ1v) is 11.3. The maximum atomic E-state index is 13.7. The van der Waals surface area contributed by atoms with Crippen LogP contribution < -0.4 is 10.9 Å². The molecule has 1 aliphatic rings. The summed E-state index contributed by atoms with van der Waals surface area (Å²) in [6, 6.07) is 18.6. The van der Waals surface area contributed by atoms with Gasteiger partial charge in [0.15, 0.2) is 0 Å². The van der Waals surface area contributed by atoms with Crippen LogP contribution in [0, 0.1) is 12.7 Å². The molecule has 7 heteroatoms. The van der Waals surface area contributed by atoms with Gasteiger partial charge in [-0.2, -0.15) is 0 Å². The highest BCUT2D eigenvalue weighted by Gasteiger charge is 2.23. The zero-order valence-electron chi connectivity index (χ0n) is 17.3. The summed E-state index contributed by atoms with van der Waals surface area (Å²) in [6.45, 7) is 1.78. The number of aryl methyl sites for hydroxylation is 1. The Bertz CT molecular complexity index is 1400. The molecular formula is C25H20FN3O2S. The molecule has 2 heterocycles. The van der Waals surface area contributed by atoms with Gasteiger partial charge in [0, 0.05) is 16.2 Å². The first-order valence-electron chi connectivity index (χ1n) is 10.3. The van der Waals surface area contributed by atoms with Crippen molar-refractivity contribution in [3.05, 3.63) is 99.9 Å². The second kappa shape index (κ2) is 8.24. The van der Waals surface area contributed by atoms with E-state index in [9.17, 15) is 14.0 Å². The number of benzene rings is 3. The highest BCUT2D eigenvalue weighted by molar-refractivity contribution is 7.99. The van der Waals surface area contributed by atoms with Crippen LogP contribution in [0.15, 0.2) is 76.4 Å². The topological polar surface area (TPSA) is 64.0 Å². The van der Waals surface area contributed by atoms with Gasteiger partial charge in [0.25, 0.3) is 11.5 Å². The number of halogens is 1. The molecular weight excluding hydrogens is 425 g/mol. The molecule has 0 aliphatic carbocycles. The van der Waals surface area contributed by atoms with Crippen molar-refractivity contribution < 1.29 is 9.18 Å². The van der Waals surface area contributed by atoms with Crippen LogP contribution in [0.3, 0.4) is 0 Å². The number of amides is 1. The molecule has 32 heavy (non-hydrogen) atoms. The Morgan fingerprint density at radius 2 is 1.91 bits per heavy atom. The molecule has 1 amide bonds. The predicted octanol–water partition coefficient (Wildman–Crippen LogP) is 4.80. The number of carbonyl (C=O) groups is 1. The zero-order chi connectivity index (χ0) is 22.2. The Morgan fingerprint density at radius 1 is 1.12 bits per heavy atom. The lowest BCUT2D eigenvalue weighted by molar-refractivity contribution is 0.0935. The van der Waals surface area contributed by atoms with Gasteiger partial charge in [-0.05, 0) is 73.5 Å². The van der Waals surface area contributed by atoms with Gasteiger partial charge in [-0.25, -0.2) is 9.37 Å². The first kappa shape index (κ1) is 20.5. The van der Waals surface area contributed by atoms with E-state index in [1.165, 1.54) is 12.1 Å². The van der Waals surface area contributed by atoms with Gasteiger partial charge in [0.1, 0.15) is 11.6 Å². The molecule has 5 rings (SSSR count). The van der Waals surface area contributed by atoms with Gasteiger partial charge >= 0.3 is 0 Å². The molecule has 4 aromatic rings. The maximum absolute atomic E-state index is 13.7. The van der Waals surface area contributed by atoms with Crippen molar-refractivity contribution in [3.8, 4) is 5.69 Å². The molecule has 1 N–H and O–H groups in total. The molecule has 1 aliphatic heterocycles. The van der Waals surface area contributed by atoms with Crippen molar-refractivity contribution in [1.82, 2.24) is 14.9 Å². The summed E-state index contributed by atoms with van der Waals surface area (Å²) in [5.41, 5.74) is 2.44. The van der Waals surface area contributed by atoms with Gasteiger partial charge in [-0.15, -0.1) is 11.8 Å². The summed E-state index contributed by atoms with van der Waals surface area (Å²) in [5, 5.41) is 3.57. The number of nitrogens with zero attached hydrogens (tertiary/aromatic N) is 2. The van der Waals surface area contributed by atoms with Crippen molar-refractivity contribution in [2.24, 2.45) is 0 Å². The monoisotopic (exact) mass is 445 g/mol. The van der Waals surface area contributed by atoms with Crippen LogP contribution in [0.2, 0.25) is 0 Å². The van der Waals surface area contributed by atoms with Crippen LogP contribution in [0.4, 0.5) is 4.39 Å². The van der Waals surface area contributed by atoms with Crippen molar-refractivity contribution >= 4 is 28.6 Å². The Balaban J connectivity index is 1.42. The number of hydrogen-bond donors (Lipinski definition) is 1. The molecule has 0 fully saturated rings. The molecule has 0 unspecified atom stereocenters. The first-order chi connectivity index (χ1) is 15.5. The van der Waals surface area contributed by atoms with Crippen molar-refractivity contribution in [3.63, 3.8) is 0 Å². The van der Waals surface area contributed by atoms with E-state index in [2.05, 4.69) is 10.3 Å². The molecule has 0 radical (unpaired) electrons. The number of fused-ring (bicyclic) bond motifs is 2. The fraction of sp³-hybridized carbons (Fsp3) is 0.160. The lowest BCUT2D eigenvalue weighted by Crippen LogP contribution is -2.30. The quantitative estimate of drug-likeness (QED) is 0.492. The lowest BCUT2D eigenvalue weighted by atomic mass is 10.0. The van der Waals surface area contributed by atoms with Crippen LogP contribution in [0.25, 0.3) is 16.6 Å². The molecule has 5 nitrogen and oxygen atoms in total. The van der Waals surface area contributed by atoms with Crippen LogP contribution in [0.1, 0.15) is 34.2 Å². The van der Waals surface area contributed by atoms with E-state index in [0.717, 1.165) is 22.6 Å². The zero-order valence-corrected chi connectivity index (χ0v) is 18.2. The Morgan fingerprint density at radius 3 is 2.72 bits per heavy atom. The van der Waals surface area contributed by atoms with Crippen LogP contribution in [-0.4, -0.2) is 21.2 Å². The molecule has 160 valence electrons. The molecule has 3 aromatic carbocycles. The smallest absolute Gasteiger partial charge is 0.265 e. The van der Waals surface area contributed by atoms with Crippen LogP contribution in [-0.2, 0) is 0 Å². The van der Waals surface area contributed by atoms with E-state index in [1.54, 1.807) is 59.7 Å². The molecule has 0 saturated heterocycles. The summed E-state index contributed by atoms with van der Waals surface area (Å²) in [7, 11) is 0.